The fourth-order valence-electron chi connectivity index (χ4n) is 2.80. The maximum Gasteiger partial charge on any atom is 0.252 e. The first-order chi connectivity index (χ1) is 13.2. The largest absolute Gasteiger partial charge is 0.504 e. The van der Waals surface area contributed by atoms with Gasteiger partial charge in [0, 0.05) is 0 Å². The zero-order valence-electron chi connectivity index (χ0n) is 14.9. The number of phenols is 1. The minimum atomic E-state index is -0.459. The van der Waals surface area contributed by atoms with Crippen LogP contribution >= 0.6 is 0 Å². The van der Waals surface area contributed by atoms with Crippen LogP contribution in [0.25, 0.3) is 0 Å². The van der Waals surface area contributed by atoms with Crippen LogP contribution in [-0.4, -0.2) is 24.3 Å². The topological polar surface area (TPSA) is 70.9 Å². The van der Waals surface area contributed by atoms with Crippen molar-refractivity contribution in [1.29, 1.82) is 0 Å². The van der Waals surface area contributed by atoms with E-state index in [1.807, 2.05) is 60.7 Å². The average molecular weight is 360 g/mol. The lowest BCUT2D eigenvalue weighted by Gasteiger charge is -2.16. The van der Waals surface area contributed by atoms with Crippen LogP contribution in [0.1, 0.15) is 22.6 Å². The predicted octanol–water partition coefficient (Wildman–Crippen LogP) is 3.68. The van der Waals surface area contributed by atoms with Gasteiger partial charge in [-0.25, -0.2) is 5.43 Å². The third-order valence-corrected chi connectivity index (χ3v) is 4.12. The van der Waals surface area contributed by atoms with Gasteiger partial charge in [0.25, 0.3) is 5.91 Å². The molecule has 0 bridgehead atoms. The minimum Gasteiger partial charge on any atom is -0.504 e. The number of phenolic OH excluding ortho intramolecular Hbond substituents is 1. The number of methoxy groups -OCH3 is 1. The van der Waals surface area contributed by atoms with Gasteiger partial charge in [-0.2, -0.15) is 5.10 Å². The number of nitrogens with one attached hydrogen (secondary N) is 1. The number of hydrogen-bond acceptors (Lipinski definition) is 4. The molecule has 0 saturated heterocycles. The summed E-state index contributed by atoms with van der Waals surface area (Å²) < 4.78 is 5.07. The number of hydrogen-bond donors (Lipinski definition) is 2. The van der Waals surface area contributed by atoms with Crippen LogP contribution < -0.4 is 10.2 Å². The van der Waals surface area contributed by atoms with Gasteiger partial charge in [-0.1, -0.05) is 60.7 Å². The lowest BCUT2D eigenvalue weighted by Crippen LogP contribution is -2.26. The van der Waals surface area contributed by atoms with E-state index in [2.05, 4.69) is 10.5 Å². The second-order valence-electron chi connectivity index (χ2n) is 5.92. The van der Waals surface area contributed by atoms with E-state index in [1.54, 1.807) is 12.1 Å². The van der Waals surface area contributed by atoms with Crippen molar-refractivity contribution in [2.45, 2.75) is 5.92 Å². The fraction of sp³-hybridized carbons (Fsp3) is 0.0909. The van der Waals surface area contributed by atoms with E-state index < -0.39 is 5.92 Å². The number of nitrogens with zero attached hydrogens (tertiary/aromatic N) is 1. The summed E-state index contributed by atoms with van der Waals surface area (Å²) in [6, 6.07) is 24.0. The van der Waals surface area contributed by atoms with Crippen molar-refractivity contribution in [2.24, 2.45) is 5.10 Å². The Morgan fingerprint density at radius 1 is 1.00 bits per heavy atom. The molecule has 5 nitrogen and oxygen atoms in total. The molecule has 0 saturated carbocycles. The van der Waals surface area contributed by atoms with Gasteiger partial charge in [-0.3, -0.25) is 4.79 Å². The smallest absolute Gasteiger partial charge is 0.252 e. The summed E-state index contributed by atoms with van der Waals surface area (Å²) in [5.41, 5.74) is 5.09. The van der Waals surface area contributed by atoms with Crippen molar-refractivity contribution in [2.75, 3.05) is 7.11 Å². The number of benzene rings is 3. The summed E-state index contributed by atoms with van der Waals surface area (Å²) in [5.74, 6) is -0.295. The number of hydrazone groups is 1. The van der Waals surface area contributed by atoms with Gasteiger partial charge in [0.05, 0.1) is 19.2 Å². The average Bonchev–Trinajstić information content (AvgIpc) is 2.71. The predicted molar refractivity (Wildman–Crippen MR) is 105 cm³/mol. The first-order valence-corrected chi connectivity index (χ1v) is 8.49. The zero-order chi connectivity index (χ0) is 19.1. The van der Waals surface area contributed by atoms with Crippen molar-refractivity contribution < 1.29 is 14.6 Å². The number of rotatable bonds is 6. The number of aromatic hydroxyl groups is 1. The SMILES string of the molecule is COc1cc(/C=N\NC(=O)C(c2ccccc2)c2ccccc2)ccc1O. The Bertz CT molecular complexity index is 885. The summed E-state index contributed by atoms with van der Waals surface area (Å²) in [7, 11) is 1.47. The quantitative estimate of drug-likeness (QED) is 0.520. The molecule has 5 heteroatoms. The normalized spacial score (nSPS) is 10.9. The van der Waals surface area contributed by atoms with Crippen LogP contribution in [0.4, 0.5) is 0 Å². The second-order valence-corrected chi connectivity index (χ2v) is 5.92. The van der Waals surface area contributed by atoms with E-state index >= 15 is 0 Å². The molecule has 0 spiro atoms. The molecule has 3 aromatic carbocycles. The molecular formula is C22H20N2O3. The molecular weight excluding hydrogens is 340 g/mol. The molecule has 0 aliphatic carbocycles. The summed E-state index contributed by atoms with van der Waals surface area (Å²) in [5, 5.41) is 13.7. The van der Waals surface area contributed by atoms with Crippen molar-refractivity contribution in [3.8, 4) is 11.5 Å². The molecule has 3 aromatic rings. The summed E-state index contributed by atoms with van der Waals surface area (Å²) in [6.45, 7) is 0. The Hall–Kier alpha value is -3.60. The molecule has 0 heterocycles. The van der Waals surface area contributed by atoms with Crippen LogP contribution in [0, 0.1) is 0 Å². The van der Waals surface area contributed by atoms with Gasteiger partial charge < -0.3 is 9.84 Å². The van der Waals surface area contributed by atoms with Gasteiger partial charge in [-0.15, -0.1) is 0 Å². The van der Waals surface area contributed by atoms with Crippen LogP contribution in [0.3, 0.4) is 0 Å². The molecule has 0 aliphatic rings. The summed E-state index contributed by atoms with van der Waals surface area (Å²) in [6.07, 6.45) is 1.51. The Kier molecular flexibility index (Phi) is 5.84. The highest BCUT2D eigenvalue weighted by Crippen LogP contribution is 2.26. The molecule has 0 atom stereocenters. The molecule has 0 aromatic heterocycles. The van der Waals surface area contributed by atoms with Crippen molar-refractivity contribution in [3.05, 3.63) is 95.6 Å². The van der Waals surface area contributed by atoms with Gasteiger partial charge in [0.1, 0.15) is 0 Å². The van der Waals surface area contributed by atoms with Gasteiger partial charge in [0.2, 0.25) is 0 Å². The first kappa shape index (κ1) is 18.2. The van der Waals surface area contributed by atoms with Crippen molar-refractivity contribution in [3.63, 3.8) is 0 Å². The molecule has 0 radical (unpaired) electrons. The van der Waals surface area contributed by atoms with Crippen molar-refractivity contribution >= 4 is 12.1 Å². The molecule has 1 amide bonds. The maximum absolute atomic E-state index is 12.8. The number of ether oxygens (including phenoxy) is 1. The first-order valence-electron chi connectivity index (χ1n) is 8.49. The Balaban J connectivity index is 1.79. The molecule has 0 aliphatic heterocycles. The maximum atomic E-state index is 12.8. The Labute approximate surface area is 157 Å². The van der Waals surface area contributed by atoms with E-state index in [0.717, 1.165) is 11.1 Å². The standard InChI is InChI=1S/C22H20N2O3/c1-27-20-14-16(12-13-19(20)25)15-23-24-22(26)21(17-8-4-2-5-9-17)18-10-6-3-7-11-18/h2-15,21,25H,1H3,(H,24,26)/b23-15-. The third-order valence-electron chi connectivity index (χ3n) is 4.12. The number of amides is 1. The molecule has 136 valence electrons. The molecule has 27 heavy (non-hydrogen) atoms. The molecule has 3 rings (SSSR count). The zero-order valence-corrected chi connectivity index (χ0v) is 14.9. The van der Waals surface area contributed by atoms with E-state index in [9.17, 15) is 9.90 Å². The lowest BCUT2D eigenvalue weighted by molar-refractivity contribution is -0.121. The van der Waals surface area contributed by atoms with Crippen LogP contribution in [0.5, 0.6) is 11.5 Å². The third kappa shape index (κ3) is 4.52. The lowest BCUT2D eigenvalue weighted by atomic mass is 9.91. The van der Waals surface area contributed by atoms with E-state index in [-0.39, 0.29) is 11.7 Å². The second kappa shape index (κ2) is 8.67. The van der Waals surface area contributed by atoms with E-state index in [4.69, 9.17) is 4.74 Å². The van der Waals surface area contributed by atoms with E-state index in [0.29, 0.717) is 11.3 Å². The minimum absolute atomic E-state index is 0.0481. The molecule has 2 N–H and O–H groups in total. The van der Waals surface area contributed by atoms with E-state index in [1.165, 1.54) is 19.4 Å². The van der Waals surface area contributed by atoms with Gasteiger partial charge in [-0.05, 0) is 34.9 Å². The Morgan fingerprint density at radius 3 is 2.15 bits per heavy atom. The number of carbonyl (C=O) groups is 1. The summed E-state index contributed by atoms with van der Waals surface area (Å²) in [4.78, 5) is 12.8. The van der Waals surface area contributed by atoms with Crippen LogP contribution in [0.15, 0.2) is 84.0 Å². The molecule has 0 unspecified atom stereocenters. The summed E-state index contributed by atoms with van der Waals surface area (Å²) >= 11 is 0. The van der Waals surface area contributed by atoms with Gasteiger partial charge >= 0.3 is 0 Å². The monoisotopic (exact) mass is 360 g/mol. The van der Waals surface area contributed by atoms with Crippen molar-refractivity contribution in [1.82, 2.24) is 5.43 Å². The number of carbonyl (C=O) groups excluding carboxylic acids is 1. The fourth-order valence-corrected chi connectivity index (χ4v) is 2.80. The molecule has 0 fully saturated rings. The van der Waals surface area contributed by atoms with Crippen LogP contribution in [-0.2, 0) is 4.79 Å². The van der Waals surface area contributed by atoms with Gasteiger partial charge in [0.15, 0.2) is 11.5 Å². The Morgan fingerprint density at radius 2 is 1.59 bits per heavy atom. The highest BCUT2D eigenvalue weighted by Gasteiger charge is 2.22. The highest BCUT2D eigenvalue weighted by molar-refractivity contribution is 5.88. The highest BCUT2D eigenvalue weighted by atomic mass is 16.5. The van der Waals surface area contributed by atoms with Crippen LogP contribution in [0.2, 0.25) is 0 Å².